The van der Waals surface area contributed by atoms with Crippen molar-refractivity contribution in [2.45, 2.75) is 19.0 Å². The van der Waals surface area contributed by atoms with Gasteiger partial charge in [0.2, 0.25) is 11.8 Å². The molecule has 0 radical (unpaired) electrons. The number of likely N-dealkylation sites (tertiary alicyclic amines) is 1. The molecule has 1 atom stereocenters. The highest BCUT2D eigenvalue weighted by atomic mass is 16.2. The normalized spacial score (nSPS) is 16.6. The van der Waals surface area contributed by atoms with E-state index < -0.39 is 6.04 Å². The number of nitrogens with zero attached hydrogens (tertiary/aromatic N) is 3. The Kier molecular flexibility index (Phi) is 5.39. The molecule has 0 unspecified atom stereocenters. The Morgan fingerprint density at radius 1 is 1.10 bits per heavy atom. The molecule has 2 heterocycles. The molecule has 3 aromatic rings. The zero-order valence-electron chi connectivity index (χ0n) is 16.6. The molecule has 6 heteroatoms. The first-order valence-corrected chi connectivity index (χ1v) is 9.71. The Balaban J connectivity index is 1.48. The van der Waals surface area contributed by atoms with Gasteiger partial charge in [-0.3, -0.25) is 24.3 Å². The molecule has 1 aliphatic heterocycles. The van der Waals surface area contributed by atoms with Crippen molar-refractivity contribution >= 4 is 34.7 Å². The molecule has 0 spiro atoms. The van der Waals surface area contributed by atoms with Gasteiger partial charge in [0.05, 0.1) is 18.5 Å². The van der Waals surface area contributed by atoms with Crippen molar-refractivity contribution in [3.8, 4) is 0 Å². The molecule has 1 aromatic heterocycles. The average molecular weight is 399 g/mol. The summed E-state index contributed by atoms with van der Waals surface area (Å²) in [4.78, 5) is 44.8. The Hall–Kier alpha value is -3.80. The standard InChI is InChI=1S/C24H21N3O3/c1-26(20-15-22(29)27(24(20)30)16-17-7-3-2-4-8-17)21(28)13-12-19-10-5-9-18-11-6-14-25-23(18)19/h2-14,20H,15-16H2,1H3/b13-12+/t20-/m0/s1. The fourth-order valence-corrected chi connectivity index (χ4v) is 3.59. The summed E-state index contributed by atoms with van der Waals surface area (Å²) in [5.41, 5.74) is 2.49. The van der Waals surface area contributed by atoms with Crippen molar-refractivity contribution in [2.24, 2.45) is 0 Å². The minimum Gasteiger partial charge on any atom is -0.330 e. The van der Waals surface area contributed by atoms with Crippen LogP contribution >= 0.6 is 0 Å². The van der Waals surface area contributed by atoms with Gasteiger partial charge in [-0.2, -0.15) is 0 Å². The van der Waals surface area contributed by atoms with Crippen LogP contribution in [0.15, 0.2) is 72.9 Å². The Labute approximate surface area is 174 Å². The third kappa shape index (κ3) is 3.85. The molecule has 6 nitrogen and oxygen atoms in total. The average Bonchev–Trinajstić information content (AvgIpc) is 3.06. The van der Waals surface area contributed by atoms with Crippen molar-refractivity contribution in [1.82, 2.24) is 14.8 Å². The Morgan fingerprint density at radius 3 is 2.67 bits per heavy atom. The minimum atomic E-state index is -0.788. The van der Waals surface area contributed by atoms with Gasteiger partial charge in [0.25, 0.3) is 5.91 Å². The maximum Gasteiger partial charge on any atom is 0.252 e. The SMILES string of the molecule is CN(C(=O)/C=C/c1cccc2cccnc12)[C@H]1CC(=O)N(Cc2ccccc2)C1=O. The summed E-state index contributed by atoms with van der Waals surface area (Å²) in [5.74, 6) is -0.952. The van der Waals surface area contributed by atoms with Crippen LogP contribution < -0.4 is 0 Å². The predicted octanol–water partition coefficient (Wildman–Crippen LogP) is 3.03. The van der Waals surface area contributed by atoms with Crippen molar-refractivity contribution in [3.05, 3.63) is 84.1 Å². The second-order valence-corrected chi connectivity index (χ2v) is 7.23. The number of aromatic nitrogens is 1. The van der Waals surface area contributed by atoms with Crippen LogP contribution in [0.2, 0.25) is 0 Å². The molecule has 1 saturated heterocycles. The summed E-state index contributed by atoms with van der Waals surface area (Å²) >= 11 is 0. The largest absolute Gasteiger partial charge is 0.330 e. The smallest absolute Gasteiger partial charge is 0.252 e. The summed E-state index contributed by atoms with van der Waals surface area (Å²) in [6.07, 6.45) is 4.81. The van der Waals surface area contributed by atoms with E-state index in [0.717, 1.165) is 22.0 Å². The summed E-state index contributed by atoms with van der Waals surface area (Å²) < 4.78 is 0. The summed E-state index contributed by atoms with van der Waals surface area (Å²) in [6, 6.07) is 18.1. The lowest BCUT2D eigenvalue weighted by Crippen LogP contribution is -2.42. The van der Waals surface area contributed by atoms with Crippen molar-refractivity contribution in [1.29, 1.82) is 0 Å². The maximum absolute atomic E-state index is 12.8. The first-order valence-electron chi connectivity index (χ1n) is 9.71. The molecular weight excluding hydrogens is 378 g/mol. The third-order valence-electron chi connectivity index (χ3n) is 5.29. The van der Waals surface area contributed by atoms with Gasteiger partial charge in [-0.15, -0.1) is 0 Å². The second-order valence-electron chi connectivity index (χ2n) is 7.23. The van der Waals surface area contributed by atoms with Gasteiger partial charge in [-0.1, -0.05) is 54.6 Å². The number of amides is 3. The van der Waals surface area contributed by atoms with E-state index in [1.807, 2.05) is 60.7 Å². The number of likely N-dealkylation sites (N-methyl/N-ethyl adjacent to an activating group) is 1. The van der Waals surface area contributed by atoms with Gasteiger partial charge < -0.3 is 4.90 Å². The number of imide groups is 1. The first-order chi connectivity index (χ1) is 14.5. The molecule has 4 rings (SSSR count). The highest BCUT2D eigenvalue weighted by Crippen LogP contribution is 2.21. The minimum absolute atomic E-state index is 0.00241. The van der Waals surface area contributed by atoms with Crippen LogP contribution in [-0.2, 0) is 20.9 Å². The fraction of sp³-hybridized carbons (Fsp3) is 0.167. The maximum atomic E-state index is 12.8. The molecule has 3 amide bonds. The summed E-state index contributed by atoms with van der Waals surface area (Å²) in [6.45, 7) is 0.217. The first kappa shape index (κ1) is 19.5. The highest BCUT2D eigenvalue weighted by Gasteiger charge is 2.41. The lowest BCUT2D eigenvalue weighted by atomic mass is 10.1. The van der Waals surface area contributed by atoms with Gasteiger partial charge in [-0.05, 0) is 17.7 Å². The molecule has 0 bridgehead atoms. The van der Waals surface area contributed by atoms with Crippen molar-refractivity contribution < 1.29 is 14.4 Å². The monoisotopic (exact) mass is 399 g/mol. The molecule has 0 N–H and O–H groups in total. The number of carbonyl (C=O) groups excluding carboxylic acids is 3. The number of fused-ring (bicyclic) bond motifs is 1. The van der Waals surface area contributed by atoms with E-state index in [1.54, 1.807) is 19.3 Å². The Morgan fingerprint density at radius 2 is 1.87 bits per heavy atom. The van der Waals surface area contributed by atoms with Crippen LogP contribution in [0.1, 0.15) is 17.5 Å². The van der Waals surface area contributed by atoms with E-state index >= 15 is 0 Å². The van der Waals surface area contributed by atoms with Crippen LogP contribution in [-0.4, -0.2) is 45.6 Å². The molecule has 1 fully saturated rings. The van der Waals surface area contributed by atoms with Crippen LogP contribution in [0.4, 0.5) is 0 Å². The molecule has 2 aromatic carbocycles. The molecule has 1 aliphatic rings. The van der Waals surface area contributed by atoms with E-state index in [1.165, 1.54) is 15.9 Å². The Bertz CT molecular complexity index is 1140. The van der Waals surface area contributed by atoms with Gasteiger partial charge in [0, 0.05) is 30.3 Å². The lowest BCUT2D eigenvalue weighted by Gasteiger charge is -2.22. The van der Waals surface area contributed by atoms with Crippen molar-refractivity contribution in [3.63, 3.8) is 0 Å². The van der Waals surface area contributed by atoms with E-state index in [9.17, 15) is 14.4 Å². The zero-order valence-corrected chi connectivity index (χ0v) is 16.6. The van der Waals surface area contributed by atoms with Crippen molar-refractivity contribution in [2.75, 3.05) is 7.05 Å². The number of pyridine rings is 1. The molecule has 30 heavy (non-hydrogen) atoms. The third-order valence-corrected chi connectivity index (χ3v) is 5.29. The van der Waals surface area contributed by atoms with Gasteiger partial charge >= 0.3 is 0 Å². The van der Waals surface area contributed by atoms with Crippen LogP contribution in [0.5, 0.6) is 0 Å². The van der Waals surface area contributed by atoms with E-state index in [0.29, 0.717) is 0 Å². The molecule has 0 aliphatic carbocycles. The van der Waals surface area contributed by atoms with E-state index in [-0.39, 0.29) is 30.7 Å². The number of rotatable bonds is 5. The van der Waals surface area contributed by atoms with E-state index in [2.05, 4.69) is 4.98 Å². The number of benzene rings is 2. The van der Waals surface area contributed by atoms with Gasteiger partial charge in [-0.25, -0.2) is 0 Å². The van der Waals surface area contributed by atoms with Crippen LogP contribution in [0.25, 0.3) is 17.0 Å². The fourth-order valence-electron chi connectivity index (χ4n) is 3.59. The summed E-state index contributed by atoms with van der Waals surface area (Å²) in [7, 11) is 1.55. The van der Waals surface area contributed by atoms with E-state index in [4.69, 9.17) is 0 Å². The predicted molar refractivity (Wildman–Crippen MR) is 114 cm³/mol. The highest BCUT2D eigenvalue weighted by molar-refractivity contribution is 6.07. The number of hydrogen-bond donors (Lipinski definition) is 0. The number of hydrogen-bond acceptors (Lipinski definition) is 4. The molecule has 0 saturated carbocycles. The van der Waals surface area contributed by atoms with Gasteiger partial charge in [0.15, 0.2) is 0 Å². The quantitative estimate of drug-likeness (QED) is 0.488. The van der Waals surface area contributed by atoms with Crippen LogP contribution in [0.3, 0.4) is 0 Å². The lowest BCUT2D eigenvalue weighted by molar-refractivity contribution is -0.142. The zero-order chi connectivity index (χ0) is 21.1. The topological polar surface area (TPSA) is 70.6 Å². The number of para-hydroxylation sites is 1. The summed E-state index contributed by atoms with van der Waals surface area (Å²) in [5, 5.41) is 0.980. The van der Waals surface area contributed by atoms with Crippen LogP contribution in [0, 0.1) is 0 Å². The second kappa shape index (κ2) is 8.29. The van der Waals surface area contributed by atoms with Gasteiger partial charge in [0.1, 0.15) is 6.04 Å². The molecule has 150 valence electrons. The molecular formula is C24H21N3O3. The number of carbonyl (C=O) groups is 3.